The Morgan fingerprint density at radius 3 is 2.38 bits per heavy atom. The third kappa shape index (κ3) is 6.00. The quantitative estimate of drug-likeness (QED) is 0.246. The summed E-state index contributed by atoms with van der Waals surface area (Å²) >= 11 is 0. The molecule has 0 radical (unpaired) electrons. The van der Waals surface area contributed by atoms with Crippen LogP contribution in [-0.4, -0.2) is 20.6 Å². The SMILES string of the molecule is Cc1nn(Cc2ccc(C(=O)Nc3ccccc3COc3ccc(CC#N)cc3)cc2)c(C)c1[N+](=O)[O-]. The number of hydrogen-bond acceptors (Lipinski definition) is 6. The van der Waals surface area contributed by atoms with Gasteiger partial charge in [-0.05, 0) is 55.3 Å². The molecule has 9 nitrogen and oxygen atoms in total. The highest BCUT2D eigenvalue weighted by molar-refractivity contribution is 6.04. The number of aromatic nitrogens is 2. The zero-order valence-electron chi connectivity index (χ0n) is 20.5. The monoisotopic (exact) mass is 495 g/mol. The lowest BCUT2D eigenvalue weighted by Gasteiger charge is -2.13. The lowest BCUT2D eigenvalue weighted by Crippen LogP contribution is -2.14. The molecule has 0 aliphatic carbocycles. The van der Waals surface area contributed by atoms with Crippen LogP contribution in [0, 0.1) is 35.3 Å². The number of carbonyl (C=O) groups is 1. The minimum absolute atomic E-state index is 0.0228. The van der Waals surface area contributed by atoms with E-state index >= 15 is 0 Å². The van der Waals surface area contributed by atoms with Crippen LogP contribution in [0.3, 0.4) is 0 Å². The van der Waals surface area contributed by atoms with Gasteiger partial charge in [-0.25, -0.2) is 0 Å². The van der Waals surface area contributed by atoms with Gasteiger partial charge in [0, 0.05) is 16.8 Å². The average molecular weight is 496 g/mol. The zero-order valence-corrected chi connectivity index (χ0v) is 20.5. The highest BCUT2D eigenvalue weighted by Crippen LogP contribution is 2.23. The first-order valence-electron chi connectivity index (χ1n) is 11.6. The van der Waals surface area contributed by atoms with Crippen LogP contribution in [-0.2, 0) is 19.6 Å². The number of nitro groups is 1. The number of nitriles is 1. The minimum Gasteiger partial charge on any atom is -0.489 e. The molecule has 1 amide bonds. The Balaban J connectivity index is 1.40. The van der Waals surface area contributed by atoms with Crippen LogP contribution in [0.1, 0.15) is 38.4 Å². The molecule has 4 aromatic rings. The van der Waals surface area contributed by atoms with Gasteiger partial charge >= 0.3 is 5.69 Å². The maximum atomic E-state index is 12.9. The van der Waals surface area contributed by atoms with Crippen LogP contribution in [0.15, 0.2) is 72.8 Å². The van der Waals surface area contributed by atoms with E-state index in [0.29, 0.717) is 41.4 Å². The number of benzene rings is 3. The largest absolute Gasteiger partial charge is 0.489 e. The van der Waals surface area contributed by atoms with Gasteiger partial charge in [-0.3, -0.25) is 19.6 Å². The van der Waals surface area contributed by atoms with Crippen molar-refractivity contribution in [3.63, 3.8) is 0 Å². The molecule has 186 valence electrons. The molecule has 1 N–H and O–H groups in total. The highest BCUT2D eigenvalue weighted by Gasteiger charge is 2.21. The Morgan fingerprint density at radius 2 is 1.73 bits per heavy atom. The molecular formula is C28H25N5O4. The maximum absolute atomic E-state index is 12.9. The Labute approximate surface area is 214 Å². The molecule has 0 aliphatic rings. The van der Waals surface area contributed by atoms with Crippen molar-refractivity contribution in [3.05, 3.63) is 117 Å². The van der Waals surface area contributed by atoms with E-state index in [1.165, 1.54) is 0 Å². The van der Waals surface area contributed by atoms with Crippen molar-refractivity contribution in [2.45, 2.75) is 33.4 Å². The topological polar surface area (TPSA) is 123 Å². The molecule has 4 rings (SSSR count). The van der Waals surface area contributed by atoms with Crippen molar-refractivity contribution in [1.82, 2.24) is 9.78 Å². The summed E-state index contributed by atoms with van der Waals surface area (Å²) in [4.78, 5) is 23.7. The number of aryl methyl sites for hydroxylation is 1. The van der Waals surface area contributed by atoms with Crippen LogP contribution in [0.4, 0.5) is 11.4 Å². The second kappa shape index (κ2) is 11.2. The van der Waals surface area contributed by atoms with Gasteiger partial charge in [0.2, 0.25) is 0 Å². The van der Waals surface area contributed by atoms with E-state index in [1.54, 1.807) is 30.7 Å². The highest BCUT2D eigenvalue weighted by atomic mass is 16.6. The number of nitrogens with zero attached hydrogens (tertiary/aromatic N) is 4. The number of hydrogen-bond donors (Lipinski definition) is 1. The first-order chi connectivity index (χ1) is 17.9. The average Bonchev–Trinajstić information content (AvgIpc) is 3.17. The number of ether oxygens (including phenoxy) is 1. The van der Waals surface area contributed by atoms with E-state index in [4.69, 9.17) is 10.00 Å². The lowest BCUT2D eigenvalue weighted by atomic mass is 10.1. The Kier molecular flexibility index (Phi) is 7.59. The lowest BCUT2D eigenvalue weighted by molar-refractivity contribution is -0.386. The molecular weight excluding hydrogens is 470 g/mol. The normalized spacial score (nSPS) is 10.5. The smallest absolute Gasteiger partial charge is 0.312 e. The summed E-state index contributed by atoms with van der Waals surface area (Å²) in [5, 5.41) is 27.3. The maximum Gasteiger partial charge on any atom is 0.312 e. The number of para-hydroxylation sites is 1. The first-order valence-corrected chi connectivity index (χ1v) is 11.6. The van der Waals surface area contributed by atoms with E-state index in [-0.39, 0.29) is 18.2 Å². The van der Waals surface area contributed by atoms with Crippen molar-refractivity contribution in [2.24, 2.45) is 0 Å². The molecule has 37 heavy (non-hydrogen) atoms. The first kappa shape index (κ1) is 25.1. The number of amides is 1. The van der Waals surface area contributed by atoms with Crippen molar-refractivity contribution in [2.75, 3.05) is 5.32 Å². The van der Waals surface area contributed by atoms with Crippen molar-refractivity contribution < 1.29 is 14.5 Å². The fourth-order valence-corrected chi connectivity index (χ4v) is 3.96. The fourth-order valence-electron chi connectivity index (χ4n) is 3.96. The Morgan fingerprint density at radius 1 is 1.05 bits per heavy atom. The number of rotatable bonds is 9. The molecule has 3 aromatic carbocycles. The second-order valence-corrected chi connectivity index (χ2v) is 8.51. The molecule has 0 saturated carbocycles. The summed E-state index contributed by atoms with van der Waals surface area (Å²) in [5.74, 6) is 0.410. The molecule has 0 atom stereocenters. The van der Waals surface area contributed by atoms with E-state index in [0.717, 1.165) is 16.7 Å². The van der Waals surface area contributed by atoms with E-state index < -0.39 is 4.92 Å². The van der Waals surface area contributed by atoms with Gasteiger partial charge in [-0.2, -0.15) is 10.4 Å². The van der Waals surface area contributed by atoms with Crippen LogP contribution < -0.4 is 10.1 Å². The standard InChI is InChI=1S/C28H25N5O4/c1-19-27(33(35)36)20(2)32(31-19)17-22-7-11-23(12-8-22)28(34)30-26-6-4-3-5-24(26)18-37-25-13-9-21(10-14-25)15-16-29/h3-14H,15,17-18H2,1-2H3,(H,30,34). The molecule has 0 aliphatic heterocycles. The van der Waals surface area contributed by atoms with Crippen LogP contribution >= 0.6 is 0 Å². The molecule has 1 aromatic heterocycles. The molecule has 0 bridgehead atoms. The van der Waals surface area contributed by atoms with E-state index in [2.05, 4.69) is 16.5 Å². The second-order valence-electron chi connectivity index (χ2n) is 8.51. The third-order valence-corrected chi connectivity index (χ3v) is 5.94. The molecule has 0 saturated heterocycles. The molecule has 0 unspecified atom stereocenters. The number of carbonyl (C=O) groups excluding carboxylic acids is 1. The van der Waals surface area contributed by atoms with Gasteiger partial charge in [0.25, 0.3) is 5.91 Å². The van der Waals surface area contributed by atoms with Crippen LogP contribution in [0.2, 0.25) is 0 Å². The minimum atomic E-state index is -0.420. The van der Waals surface area contributed by atoms with Gasteiger partial charge in [-0.15, -0.1) is 0 Å². The van der Waals surface area contributed by atoms with Gasteiger partial charge in [-0.1, -0.05) is 42.5 Å². The van der Waals surface area contributed by atoms with Gasteiger partial charge in [0.15, 0.2) is 0 Å². The molecule has 0 fully saturated rings. The Hall–Kier alpha value is -4.97. The zero-order chi connectivity index (χ0) is 26.4. The fraction of sp³-hybridized carbons (Fsp3) is 0.179. The predicted octanol–water partition coefficient (Wildman–Crippen LogP) is 5.35. The van der Waals surface area contributed by atoms with Crippen molar-refractivity contribution in [1.29, 1.82) is 5.26 Å². The van der Waals surface area contributed by atoms with Gasteiger partial charge in [0.05, 0.1) is 24.0 Å². The van der Waals surface area contributed by atoms with E-state index in [1.807, 2.05) is 60.7 Å². The number of nitrogens with one attached hydrogen (secondary N) is 1. The molecule has 1 heterocycles. The van der Waals surface area contributed by atoms with E-state index in [9.17, 15) is 14.9 Å². The molecule has 0 spiro atoms. The summed E-state index contributed by atoms with van der Waals surface area (Å²) in [6, 6.07) is 23.9. The van der Waals surface area contributed by atoms with Crippen LogP contribution in [0.25, 0.3) is 0 Å². The number of anilines is 1. The summed E-state index contributed by atoms with van der Waals surface area (Å²) < 4.78 is 7.47. The van der Waals surface area contributed by atoms with Crippen molar-refractivity contribution in [3.8, 4) is 11.8 Å². The summed E-state index contributed by atoms with van der Waals surface area (Å²) in [5.41, 5.74) is 4.61. The van der Waals surface area contributed by atoms with Gasteiger partial charge < -0.3 is 10.1 Å². The summed E-state index contributed by atoms with van der Waals surface area (Å²) in [7, 11) is 0. The summed E-state index contributed by atoms with van der Waals surface area (Å²) in [6.45, 7) is 3.91. The summed E-state index contributed by atoms with van der Waals surface area (Å²) in [6.07, 6.45) is 0.348. The molecule has 9 heteroatoms. The van der Waals surface area contributed by atoms with Crippen LogP contribution in [0.5, 0.6) is 5.75 Å². The van der Waals surface area contributed by atoms with Gasteiger partial charge in [0.1, 0.15) is 23.7 Å². The third-order valence-electron chi connectivity index (χ3n) is 5.94. The Bertz CT molecular complexity index is 1470. The predicted molar refractivity (Wildman–Crippen MR) is 138 cm³/mol. The van der Waals surface area contributed by atoms with Crippen molar-refractivity contribution >= 4 is 17.3 Å².